The maximum absolute atomic E-state index is 13.2. The zero-order valence-corrected chi connectivity index (χ0v) is 8.74. The van der Waals surface area contributed by atoms with Crippen molar-refractivity contribution in [3.8, 4) is 11.1 Å². The maximum atomic E-state index is 13.2. The smallest absolute Gasteiger partial charge is 0.166 e. The monoisotopic (exact) mass is 230 g/mol. The van der Waals surface area contributed by atoms with Crippen molar-refractivity contribution in [3.05, 3.63) is 54.4 Å². The Labute approximate surface area is 95.9 Å². The molecule has 0 atom stereocenters. The highest BCUT2D eigenvalue weighted by atomic mass is 19.1. The van der Waals surface area contributed by atoms with Crippen LogP contribution in [0.15, 0.2) is 42.7 Å². The van der Waals surface area contributed by atoms with Gasteiger partial charge in [-0.05, 0) is 23.8 Å². The first kappa shape index (κ1) is 9.96. The Morgan fingerprint density at radius 2 is 1.94 bits per heavy atom. The van der Waals surface area contributed by atoms with Crippen LogP contribution < -0.4 is 0 Å². The molecule has 2 nitrogen and oxygen atoms in total. The van der Waals surface area contributed by atoms with Crippen LogP contribution in [0.5, 0.6) is 0 Å². The average Bonchev–Trinajstić information content (AvgIpc) is 2.71. The van der Waals surface area contributed by atoms with E-state index in [9.17, 15) is 8.78 Å². The van der Waals surface area contributed by atoms with E-state index >= 15 is 0 Å². The summed E-state index contributed by atoms with van der Waals surface area (Å²) in [6, 6.07) is 7.96. The molecule has 0 aliphatic rings. The van der Waals surface area contributed by atoms with E-state index in [4.69, 9.17) is 0 Å². The minimum Gasteiger partial charge on any atom is -0.357 e. The van der Waals surface area contributed by atoms with Gasteiger partial charge in [0.1, 0.15) is 11.3 Å². The van der Waals surface area contributed by atoms with Crippen molar-refractivity contribution in [2.45, 2.75) is 0 Å². The molecule has 3 aromatic rings. The van der Waals surface area contributed by atoms with Crippen molar-refractivity contribution in [2.75, 3.05) is 0 Å². The Bertz CT molecular complexity index is 689. The molecule has 4 heteroatoms. The number of nitrogens with zero attached hydrogens (tertiary/aromatic N) is 1. The lowest BCUT2D eigenvalue weighted by atomic mass is 10.1. The van der Waals surface area contributed by atoms with E-state index in [0.717, 1.165) is 11.1 Å². The van der Waals surface area contributed by atoms with Crippen molar-refractivity contribution in [1.82, 2.24) is 9.97 Å². The minimum absolute atomic E-state index is 0.296. The van der Waals surface area contributed by atoms with Gasteiger partial charge in [0.2, 0.25) is 0 Å². The number of pyridine rings is 1. The van der Waals surface area contributed by atoms with Gasteiger partial charge in [0, 0.05) is 18.0 Å². The van der Waals surface area contributed by atoms with Gasteiger partial charge in [-0.2, -0.15) is 0 Å². The first-order valence-corrected chi connectivity index (χ1v) is 5.12. The number of fused-ring (bicyclic) bond motifs is 1. The largest absolute Gasteiger partial charge is 0.357 e. The number of hydrogen-bond donors (Lipinski definition) is 1. The molecule has 0 bridgehead atoms. The molecule has 2 aromatic heterocycles. The predicted octanol–water partition coefficient (Wildman–Crippen LogP) is 3.51. The van der Waals surface area contributed by atoms with E-state index in [0.29, 0.717) is 11.0 Å². The van der Waals surface area contributed by atoms with Crippen molar-refractivity contribution >= 4 is 11.0 Å². The molecule has 1 aromatic carbocycles. The van der Waals surface area contributed by atoms with Gasteiger partial charge in [0.25, 0.3) is 0 Å². The van der Waals surface area contributed by atoms with Crippen molar-refractivity contribution < 1.29 is 8.78 Å². The summed E-state index contributed by atoms with van der Waals surface area (Å²) in [6.45, 7) is 0. The van der Waals surface area contributed by atoms with Crippen LogP contribution in [0.25, 0.3) is 22.2 Å². The van der Waals surface area contributed by atoms with E-state index < -0.39 is 0 Å². The van der Waals surface area contributed by atoms with Gasteiger partial charge in [-0.3, -0.25) is 4.98 Å². The fourth-order valence-electron chi connectivity index (χ4n) is 1.80. The molecule has 0 fully saturated rings. The fourth-order valence-corrected chi connectivity index (χ4v) is 1.80. The molecule has 2 heterocycles. The number of rotatable bonds is 1. The zero-order chi connectivity index (χ0) is 11.8. The fraction of sp³-hybridized carbons (Fsp3) is 0. The van der Waals surface area contributed by atoms with Gasteiger partial charge in [0.05, 0.1) is 5.52 Å². The van der Waals surface area contributed by atoms with E-state index in [1.54, 1.807) is 18.2 Å². The molecule has 0 saturated carbocycles. The molecular weight excluding hydrogens is 222 g/mol. The third-order valence-electron chi connectivity index (χ3n) is 2.63. The summed E-state index contributed by atoms with van der Waals surface area (Å²) < 4.78 is 26.3. The molecule has 0 spiro atoms. The van der Waals surface area contributed by atoms with Crippen LogP contribution in [0.4, 0.5) is 8.78 Å². The maximum Gasteiger partial charge on any atom is 0.166 e. The first-order valence-electron chi connectivity index (χ1n) is 5.12. The number of hydrogen-bond acceptors (Lipinski definition) is 1. The highest BCUT2D eigenvalue weighted by Crippen LogP contribution is 2.23. The lowest BCUT2D eigenvalue weighted by molar-refractivity contribution is 0.628. The number of benzene rings is 1. The van der Waals surface area contributed by atoms with Gasteiger partial charge in [0.15, 0.2) is 5.82 Å². The van der Waals surface area contributed by atoms with E-state index in [1.165, 1.54) is 24.5 Å². The SMILES string of the molecule is Fc1cccc(-c2cnc3c(F)c[nH]c3c2)c1. The highest BCUT2D eigenvalue weighted by Gasteiger charge is 2.06. The van der Waals surface area contributed by atoms with Crippen LogP contribution in [0.3, 0.4) is 0 Å². The van der Waals surface area contributed by atoms with Crippen LogP contribution in [-0.4, -0.2) is 9.97 Å². The predicted molar refractivity (Wildman–Crippen MR) is 61.4 cm³/mol. The van der Waals surface area contributed by atoms with Crippen LogP contribution in [0, 0.1) is 11.6 Å². The topological polar surface area (TPSA) is 28.7 Å². The summed E-state index contributed by atoms with van der Waals surface area (Å²) in [7, 11) is 0. The Hall–Kier alpha value is -2.23. The van der Waals surface area contributed by atoms with Crippen molar-refractivity contribution in [1.29, 1.82) is 0 Å². The summed E-state index contributed by atoms with van der Waals surface area (Å²) in [6.07, 6.45) is 2.79. The first-order chi connectivity index (χ1) is 8.24. The van der Waals surface area contributed by atoms with Gasteiger partial charge in [-0.1, -0.05) is 12.1 Å². The van der Waals surface area contributed by atoms with Crippen LogP contribution >= 0.6 is 0 Å². The number of H-pyrrole nitrogens is 1. The van der Waals surface area contributed by atoms with Crippen LogP contribution in [0.2, 0.25) is 0 Å². The summed E-state index contributed by atoms with van der Waals surface area (Å²) in [5.41, 5.74) is 2.36. The number of halogens is 2. The van der Waals surface area contributed by atoms with E-state index in [1.807, 2.05) is 0 Å². The van der Waals surface area contributed by atoms with E-state index in [2.05, 4.69) is 9.97 Å². The molecule has 0 saturated heterocycles. The number of nitrogens with one attached hydrogen (secondary N) is 1. The second-order valence-electron chi connectivity index (χ2n) is 3.77. The van der Waals surface area contributed by atoms with Gasteiger partial charge in [-0.25, -0.2) is 8.78 Å². The molecule has 0 amide bonds. The quantitative estimate of drug-likeness (QED) is 0.680. The second-order valence-corrected chi connectivity index (χ2v) is 3.77. The molecular formula is C13H8F2N2. The lowest BCUT2D eigenvalue weighted by Crippen LogP contribution is -1.83. The Balaban J connectivity index is 2.18. The molecule has 3 rings (SSSR count). The summed E-state index contributed by atoms with van der Waals surface area (Å²) in [4.78, 5) is 6.80. The van der Waals surface area contributed by atoms with Crippen molar-refractivity contribution in [2.24, 2.45) is 0 Å². The Kier molecular flexibility index (Phi) is 2.14. The third kappa shape index (κ3) is 1.67. The number of aromatic nitrogens is 2. The Morgan fingerprint density at radius 1 is 1.06 bits per heavy atom. The molecule has 0 aliphatic carbocycles. The molecule has 0 unspecified atom stereocenters. The minimum atomic E-state index is -0.384. The number of aromatic amines is 1. The van der Waals surface area contributed by atoms with Gasteiger partial charge < -0.3 is 4.98 Å². The summed E-state index contributed by atoms with van der Waals surface area (Å²) >= 11 is 0. The molecule has 0 radical (unpaired) electrons. The normalized spacial score (nSPS) is 10.9. The van der Waals surface area contributed by atoms with Crippen LogP contribution in [0.1, 0.15) is 0 Å². The van der Waals surface area contributed by atoms with Crippen molar-refractivity contribution in [3.63, 3.8) is 0 Å². The van der Waals surface area contributed by atoms with E-state index in [-0.39, 0.29) is 11.6 Å². The standard InChI is InChI=1S/C13H8F2N2/c14-10-3-1-2-8(4-10)9-5-12-13(17-6-9)11(15)7-16-12/h1-7,16H. The highest BCUT2D eigenvalue weighted by molar-refractivity contribution is 5.81. The summed E-state index contributed by atoms with van der Waals surface area (Å²) in [5, 5.41) is 0. The second kappa shape index (κ2) is 3.66. The average molecular weight is 230 g/mol. The summed E-state index contributed by atoms with van der Waals surface area (Å²) in [5.74, 6) is -0.689. The lowest BCUT2D eigenvalue weighted by Gasteiger charge is -2.01. The Morgan fingerprint density at radius 3 is 2.76 bits per heavy atom. The van der Waals surface area contributed by atoms with Crippen LogP contribution in [-0.2, 0) is 0 Å². The molecule has 1 N–H and O–H groups in total. The molecule has 17 heavy (non-hydrogen) atoms. The van der Waals surface area contributed by atoms with Gasteiger partial charge >= 0.3 is 0 Å². The third-order valence-corrected chi connectivity index (χ3v) is 2.63. The zero-order valence-electron chi connectivity index (χ0n) is 8.74. The van der Waals surface area contributed by atoms with Gasteiger partial charge in [-0.15, -0.1) is 0 Å². The molecule has 0 aliphatic heterocycles. The molecule has 84 valence electrons.